The number of rotatable bonds is 5. The van der Waals surface area contributed by atoms with Gasteiger partial charge in [0.05, 0.1) is 16.8 Å². The van der Waals surface area contributed by atoms with Gasteiger partial charge in [-0.1, -0.05) is 170 Å². The molecule has 9 aromatic carbocycles. The second-order valence-electron chi connectivity index (χ2n) is 14.4. The van der Waals surface area contributed by atoms with E-state index < -0.39 is 5.41 Å². The first kappa shape index (κ1) is 31.4. The highest BCUT2D eigenvalue weighted by molar-refractivity contribution is 5.99. The van der Waals surface area contributed by atoms with Gasteiger partial charge in [-0.25, -0.2) is 0 Å². The fourth-order valence-electron chi connectivity index (χ4n) is 9.19. The minimum atomic E-state index is -0.686. The van der Waals surface area contributed by atoms with Gasteiger partial charge in [0.25, 0.3) is 0 Å². The average Bonchev–Trinajstić information content (AvgIpc) is 3.56. The Bertz CT molecular complexity index is 2910. The van der Waals surface area contributed by atoms with Crippen molar-refractivity contribution in [3.63, 3.8) is 0 Å². The number of para-hydroxylation sites is 2. The Labute approximate surface area is 321 Å². The molecule has 9 aromatic rings. The Kier molecular flexibility index (Phi) is 7.11. The van der Waals surface area contributed by atoms with Gasteiger partial charge in [-0.3, -0.25) is 0 Å². The van der Waals surface area contributed by atoms with E-state index in [4.69, 9.17) is 4.74 Å². The number of anilines is 3. The van der Waals surface area contributed by atoms with Crippen LogP contribution in [0.5, 0.6) is 11.5 Å². The summed E-state index contributed by atoms with van der Waals surface area (Å²) in [5.41, 5.74) is 14.6. The monoisotopic (exact) mass is 701 g/mol. The van der Waals surface area contributed by atoms with E-state index in [1.54, 1.807) is 0 Å². The summed E-state index contributed by atoms with van der Waals surface area (Å²) in [6.45, 7) is 0. The molecule has 2 aliphatic rings. The van der Waals surface area contributed by atoms with Crippen LogP contribution in [0, 0.1) is 0 Å². The highest BCUT2D eigenvalue weighted by Gasteiger charge is 2.53. The summed E-state index contributed by atoms with van der Waals surface area (Å²) in [4.78, 5) is 2.50. The topological polar surface area (TPSA) is 12.5 Å². The second kappa shape index (κ2) is 12.5. The van der Waals surface area contributed by atoms with E-state index in [0.717, 1.165) is 50.8 Å². The van der Waals surface area contributed by atoms with Crippen molar-refractivity contribution in [3.05, 3.63) is 235 Å². The summed E-state index contributed by atoms with van der Waals surface area (Å²) >= 11 is 0. The van der Waals surface area contributed by atoms with Gasteiger partial charge in [0.1, 0.15) is 11.5 Å². The van der Waals surface area contributed by atoms with Gasteiger partial charge in [-0.05, 0) is 86.6 Å². The number of ether oxygens (including phenoxy) is 1. The number of nitrogens with zero attached hydrogens (tertiary/aromatic N) is 1. The van der Waals surface area contributed by atoms with Crippen molar-refractivity contribution >= 4 is 27.8 Å². The van der Waals surface area contributed by atoms with Crippen LogP contribution in [0.4, 0.5) is 17.1 Å². The van der Waals surface area contributed by atoms with E-state index >= 15 is 0 Å². The second-order valence-corrected chi connectivity index (χ2v) is 14.4. The molecular formula is C53H35NO. The lowest BCUT2D eigenvalue weighted by atomic mass is 9.65. The Morgan fingerprint density at radius 3 is 1.80 bits per heavy atom. The Morgan fingerprint density at radius 2 is 0.964 bits per heavy atom. The summed E-state index contributed by atoms with van der Waals surface area (Å²) in [5, 5.41) is 2.41. The highest BCUT2D eigenvalue weighted by atomic mass is 16.5. The molecule has 0 N–H and O–H groups in total. The number of benzene rings is 9. The Morgan fingerprint density at radius 1 is 0.345 bits per heavy atom. The quantitative estimate of drug-likeness (QED) is 0.177. The van der Waals surface area contributed by atoms with Crippen molar-refractivity contribution in [2.24, 2.45) is 0 Å². The molecule has 0 saturated carbocycles. The first-order chi connectivity index (χ1) is 27.3. The van der Waals surface area contributed by atoms with Crippen LogP contribution < -0.4 is 9.64 Å². The summed E-state index contributed by atoms with van der Waals surface area (Å²) in [6, 6.07) is 77.0. The SMILES string of the molecule is c1ccc(-c2ccc3c(c2)C2(c4ccccc4O3)c3ccccc3-c3cccc(N(c4ccc5ccccc5c4)c4ccccc4-c4ccccc4)c32)cc1. The number of hydrogen-bond acceptors (Lipinski definition) is 2. The molecule has 0 amide bonds. The molecule has 2 nitrogen and oxygen atoms in total. The standard InChI is InChI=1S/C53H35NO/c1-3-16-36(17-4-1)40-31-33-51-47(35-40)53(46-26-12-14-29-50(46)55-51)45-25-11-9-23-43(45)44-24-15-28-49(52(44)53)54(41-32-30-37-18-7-8-21-39(37)34-41)48-27-13-10-22-42(48)38-19-5-2-6-20-38/h1-35H. The third-order valence-electron chi connectivity index (χ3n) is 11.5. The van der Waals surface area contributed by atoms with Crippen LogP contribution in [0.25, 0.3) is 44.2 Å². The van der Waals surface area contributed by atoms with Crippen molar-refractivity contribution in [1.82, 2.24) is 0 Å². The highest BCUT2D eigenvalue weighted by Crippen LogP contribution is 2.65. The predicted octanol–water partition coefficient (Wildman–Crippen LogP) is 14.1. The Hall–Kier alpha value is -7.16. The summed E-state index contributed by atoms with van der Waals surface area (Å²) in [5.74, 6) is 1.75. The molecule has 55 heavy (non-hydrogen) atoms. The van der Waals surface area contributed by atoms with Crippen molar-refractivity contribution in [2.45, 2.75) is 5.41 Å². The average molecular weight is 702 g/mol. The maximum absolute atomic E-state index is 6.87. The van der Waals surface area contributed by atoms with E-state index in [9.17, 15) is 0 Å². The lowest BCUT2D eigenvalue weighted by Crippen LogP contribution is -2.33. The molecule has 258 valence electrons. The smallest absolute Gasteiger partial charge is 0.132 e. The summed E-state index contributed by atoms with van der Waals surface area (Å²) < 4.78 is 6.87. The molecule has 0 fully saturated rings. The minimum Gasteiger partial charge on any atom is -0.457 e. The zero-order valence-electron chi connectivity index (χ0n) is 30.1. The zero-order valence-corrected chi connectivity index (χ0v) is 30.1. The van der Waals surface area contributed by atoms with Gasteiger partial charge in [0, 0.05) is 27.9 Å². The number of fused-ring (bicyclic) bond motifs is 10. The minimum absolute atomic E-state index is 0.686. The maximum atomic E-state index is 6.87. The third-order valence-corrected chi connectivity index (χ3v) is 11.5. The first-order valence-corrected chi connectivity index (χ1v) is 18.9. The van der Waals surface area contributed by atoms with Crippen molar-refractivity contribution in [2.75, 3.05) is 4.90 Å². The lowest BCUT2D eigenvalue weighted by Gasteiger charge is -2.42. The molecule has 1 aliphatic heterocycles. The van der Waals surface area contributed by atoms with Crippen molar-refractivity contribution < 1.29 is 4.74 Å². The maximum Gasteiger partial charge on any atom is 0.132 e. The van der Waals surface area contributed by atoms with Crippen LogP contribution in [-0.2, 0) is 5.41 Å². The van der Waals surface area contributed by atoms with Crippen molar-refractivity contribution in [1.29, 1.82) is 0 Å². The molecule has 11 rings (SSSR count). The molecule has 1 atom stereocenters. The lowest BCUT2D eigenvalue weighted by molar-refractivity contribution is 0.436. The van der Waals surface area contributed by atoms with E-state index in [0.29, 0.717) is 0 Å². The van der Waals surface area contributed by atoms with Crippen LogP contribution >= 0.6 is 0 Å². The van der Waals surface area contributed by atoms with Crippen LogP contribution in [0.2, 0.25) is 0 Å². The molecular weight excluding hydrogens is 667 g/mol. The molecule has 0 radical (unpaired) electrons. The van der Waals surface area contributed by atoms with Crippen LogP contribution in [-0.4, -0.2) is 0 Å². The molecule has 1 heterocycles. The molecule has 0 bridgehead atoms. The summed E-state index contributed by atoms with van der Waals surface area (Å²) in [7, 11) is 0. The van der Waals surface area contributed by atoms with Gasteiger partial charge in [-0.2, -0.15) is 0 Å². The fourth-order valence-corrected chi connectivity index (χ4v) is 9.19. The van der Waals surface area contributed by atoms with Crippen LogP contribution in [0.15, 0.2) is 212 Å². The van der Waals surface area contributed by atoms with Gasteiger partial charge in [-0.15, -0.1) is 0 Å². The number of hydrogen-bond donors (Lipinski definition) is 0. The van der Waals surface area contributed by atoms with Crippen LogP contribution in [0.1, 0.15) is 22.3 Å². The van der Waals surface area contributed by atoms with Gasteiger partial charge >= 0.3 is 0 Å². The zero-order chi connectivity index (χ0) is 36.3. The normalized spacial score (nSPS) is 14.8. The predicted molar refractivity (Wildman–Crippen MR) is 227 cm³/mol. The molecule has 0 saturated heterocycles. The largest absolute Gasteiger partial charge is 0.457 e. The van der Waals surface area contributed by atoms with Gasteiger partial charge in [0.2, 0.25) is 0 Å². The van der Waals surface area contributed by atoms with Gasteiger partial charge < -0.3 is 9.64 Å². The van der Waals surface area contributed by atoms with E-state index in [1.165, 1.54) is 44.2 Å². The van der Waals surface area contributed by atoms with Crippen LogP contribution in [0.3, 0.4) is 0 Å². The van der Waals surface area contributed by atoms with Crippen molar-refractivity contribution in [3.8, 4) is 44.9 Å². The molecule has 1 unspecified atom stereocenters. The third kappa shape index (κ3) is 4.75. The molecule has 1 spiro atoms. The van der Waals surface area contributed by atoms with Gasteiger partial charge in [0.15, 0.2) is 0 Å². The molecule has 2 heteroatoms. The Balaban J connectivity index is 1.28. The van der Waals surface area contributed by atoms with E-state index in [1.807, 2.05) is 0 Å². The van der Waals surface area contributed by atoms with E-state index in [2.05, 4.69) is 217 Å². The first-order valence-electron chi connectivity index (χ1n) is 18.9. The summed E-state index contributed by atoms with van der Waals surface area (Å²) in [6.07, 6.45) is 0. The molecule has 0 aromatic heterocycles. The molecule has 1 aliphatic carbocycles. The fraction of sp³-hybridized carbons (Fsp3) is 0.0189. The van der Waals surface area contributed by atoms with E-state index in [-0.39, 0.29) is 0 Å².